The molecule has 2 unspecified atom stereocenters. The van der Waals surface area contributed by atoms with Gasteiger partial charge in [-0.05, 0) is 82.5 Å². The van der Waals surface area contributed by atoms with E-state index < -0.39 is 22.1 Å². The van der Waals surface area contributed by atoms with Crippen LogP contribution in [0.3, 0.4) is 0 Å². The van der Waals surface area contributed by atoms with Crippen molar-refractivity contribution in [3.8, 4) is 0 Å². The molecule has 0 bridgehead atoms. The Bertz CT molecular complexity index is 1330. The van der Waals surface area contributed by atoms with Gasteiger partial charge >= 0.3 is 0 Å². The van der Waals surface area contributed by atoms with Crippen LogP contribution in [0, 0.1) is 12.8 Å². The topological polar surface area (TPSA) is 70.2 Å². The largest absolute Gasteiger partial charge is 0.388 e. The maximum absolute atomic E-state index is 13.0. The summed E-state index contributed by atoms with van der Waals surface area (Å²) < 4.78 is -0.537. The molecule has 3 aromatic carbocycles. The van der Waals surface area contributed by atoms with E-state index >= 15 is 0 Å². The number of hydrogen-bond donors (Lipinski definition) is 3. The molecule has 0 aliphatic heterocycles. The van der Waals surface area contributed by atoms with Crippen LogP contribution in [0.4, 0.5) is 17.1 Å². The molecule has 1 saturated carbocycles. The Labute approximate surface area is 231 Å². The second-order valence-corrected chi connectivity index (χ2v) is 11.3. The average Bonchev–Trinajstić information content (AvgIpc) is 3.40. The lowest BCUT2D eigenvalue weighted by Gasteiger charge is -2.12. The number of hydrogen-bond acceptors (Lipinski definition) is 3. The molecule has 0 spiro atoms. The number of benzene rings is 3. The van der Waals surface area contributed by atoms with E-state index in [1.807, 2.05) is 32.2 Å². The normalized spacial score (nSPS) is 18.0. The van der Waals surface area contributed by atoms with Gasteiger partial charge in [-0.2, -0.15) is 0 Å². The van der Waals surface area contributed by atoms with Crippen LogP contribution < -0.4 is 16.0 Å². The maximum Gasteiger partial charge on any atom is 0.257 e. The smallest absolute Gasteiger partial charge is 0.257 e. The van der Waals surface area contributed by atoms with Crippen molar-refractivity contribution < 1.29 is 9.59 Å². The Morgan fingerprint density at radius 2 is 1.63 bits per heavy atom. The minimum Gasteiger partial charge on any atom is -0.388 e. The van der Waals surface area contributed by atoms with Crippen molar-refractivity contribution in [2.45, 2.75) is 17.2 Å². The molecule has 5 nitrogen and oxygen atoms in total. The number of rotatable bonds is 6. The van der Waals surface area contributed by atoms with E-state index in [1.54, 1.807) is 30.3 Å². The molecule has 35 heavy (non-hydrogen) atoms. The van der Waals surface area contributed by atoms with Crippen LogP contribution in [0.1, 0.15) is 27.4 Å². The minimum atomic E-state index is -1.27. The molecule has 4 rings (SSSR count). The van der Waals surface area contributed by atoms with E-state index in [-0.39, 0.29) is 16.5 Å². The first-order chi connectivity index (χ1) is 16.5. The second-order valence-electron chi connectivity index (χ2n) is 8.22. The number of halogens is 5. The average molecular weight is 616 g/mol. The highest BCUT2D eigenvalue weighted by Crippen LogP contribution is 2.65. The van der Waals surface area contributed by atoms with Gasteiger partial charge in [0, 0.05) is 34.5 Å². The number of carbonyl (C=O) groups excluding carboxylic acids is 2. The molecule has 182 valence electrons. The van der Waals surface area contributed by atoms with Gasteiger partial charge in [-0.1, -0.05) is 29.3 Å². The predicted octanol–water partition coefficient (Wildman–Crippen LogP) is 7.88. The van der Waals surface area contributed by atoms with E-state index in [4.69, 9.17) is 46.4 Å². The molecule has 0 aromatic heterocycles. The quantitative estimate of drug-likeness (QED) is 0.247. The first-order valence-electron chi connectivity index (χ1n) is 10.6. The van der Waals surface area contributed by atoms with Crippen molar-refractivity contribution in [3.05, 3.63) is 85.8 Å². The van der Waals surface area contributed by atoms with Gasteiger partial charge in [0.15, 0.2) is 0 Å². The summed E-state index contributed by atoms with van der Waals surface area (Å²) in [7, 11) is 1.82. The summed E-state index contributed by atoms with van der Waals surface area (Å²) in [5.74, 6) is -1.88. The number of anilines is 3. The van der Waals surface area contributed by atoms with Crippen molar-refractivity contribution in [2.24, 2.45) is 5.92 Å². The van der Waals surface area contributed by atoms with Gasteiger partial charge in [-0.3, -0.25) is 9.59 Å². The zero-order valence-corrected chi connectivity index (χ0v) is 23.2. The third-order valence-corrected chi connectivity index (χ3v) is 8.38. The molecule has 1 aliphatic rings. The third kappa shape index (κ3) is 5.42. The molecule has 3 N–H and O–H groups in total. The van der Waals surface area contributed by atoms with Gasteiger partial charge in [0.25, 0.3) is 5.91 Å². The maximum atomic E-state index is 13.0. The van der Waals surface area contributed by atoms with Crippen molar-refractivity contribution in [1.29, 1.82) is 0 Å². The van der Waals surface area contributed by atoms with E-state index in [0.29, 0.717) is 16.4 Å². The van der Waals surface area contributed by atoms with Gasteiger partial charge in [-0.25, -0.2) is 0 Å². The van der Waals surface area contributed by atoms with Crippen LogP contribution in [-0.4, -0.2) is 23.2 Å². The van der Waals surface area contributed by atoms with Gasteiger partial charge in [0.2, 0.25) is 5.91 Å². The number of nitrogens with one attached hydrogen (secondary N) is 3. The molecule has 0 heterocycles. The first kappa shape index (κ1) is 26.1. The molecular formula is C25H20BrCl4N3O2. The van der Waals surface area contributed by atoms with Crippen molar-refractivity contribution in [2.75, 3.05) is 23.0 Å². The standard InChI is InChI=1S/C25H20BrCl4N3O2/c1-12-9-14(31-2)5-8-20(12)33-23(34)16-11-15(4-7-18(16)27)32-24(35)22-21(25(22,29)30)13-3-6-17(26)19(28)10-13/h3-11,21-22,31H,1-2H3,(H,32,35)(H,33,34). The predicted molar refractivity (Wildman–Crippen MR) is 149 cm³/mol. The van der Waals surface area contributed by atoms with Crippen molar-refractivity contribution >= 4 is 91.2 Å². The van der Waals surface area contributed by atoms with E-state index in [1.165, 1.54) is 6.07 Å². The van der Waals surface area contributed by atoms with Crippen LogP contribution >= 0.6 is 62.3 Å². The van der Waals surface area contributed by atoms with Crippen LogP contribution in [0.2, 0.25) is 10.0 Å². The first-order valence-corrected chi connectivity index (χ1v) is 12.9. The van der Waals surface area contributed by atoms with Crippen LogP contribution in [0.5, 0.6) is 0 Å². The van der Waals surface area contributed by atoms with Crippen LogP contribution in [0.15, 0.2) is 59.1 Å². The van der Waals surface area contributed by atoms with Gasteiger partial charge in [-0.15, -0.1) is 23.2 Å². The number of amides is 2. The fourth-order valence-electron chi connectivity index (χ4n) is 3.92. The molecule has 3 aromatic rings. The highest BCUT2D eigenvalue weighted by Gasteiger charge is 2.67. The van der Waals surface area contributed by atoms with E-state index in [0.717, 1.165) is 21.3 Å². The highest BCUT2D eigenvalue weighted by molar-refractivity contribution is 9.10. The van der Waals surface area contributed by atoms with Crippen LogP contribution in [0.25, 0.3) is 0 Å². The summed E-state index contributed by atoms with van der Waals surface area (Å²) >= 11 is 28.7. The van der Waals surface area contributed by atoms with Crippen LogP contribution in [-0.2, 0) is 4.79 Å². The second kappa shape index (κ2) is 10.2. The van der Waals surface area contributed by atoms with Gasteiger partial charge < -0.3 is 16.0 Å². The third-order valence-electron chi connectivity index (χ3n) is 5.88. The number of carbonyl (C=O) groups is 2. The Morgan fingerprint density at radius 1 is 0.914 bits per heavy atom. The fourth-order valence-corrected chi connectivity index (χ4v) is 5.39. The summed E-state index contributed by atoms with van der Waals surface area (Å²) in [4.78, 5) is 26.0. The summed E-state index contributed by atoms with van der Waals surface area (Å²) in [5, 5.41) is 9.47. The number of aryl methyl sites for hydroxylation is 1. The van der Waals surface area contributed by atoms with Gasteiger partial charge in [0.1, 0.15) is 4.33 Å². The number of alkyl halides is 2. The minimum absolute atomic E-state index is 0.219. The van der Waals surface area contributed by atoms with Crippen molar-refractivity contribution in [1.82, 2.24) is 0 Å². The molecule has 10 heteroatoms. The zero-order valence-electron chi connectivity index (χ0n) is 18.6. The summed E-state index contributed by atoms with van der Waals surface area (Å²) in [6.07, 6.45) is 0. The molecule has 0 radical (unpaired) electrons. The molecule has 1 fully saturated rings. The lowest BCUT2D eigenvalue weighted by molar-refractivity contribution is -0.117. The Hall–Kier alpha value is -1.96. The summed E-state index contributed by atoms with van der Waals surface area (Å²) in [5.41, 5.74) is 3.86. The fraction of sp³-hybridized carbons (Fsp3) is 0.200. The molecule has 1 aliphatic carbocycles. The Kier molecular flexibility index (Phi) is 7.60. The Balaban J connectivity index is 1.50. The summed E-state index contributed by atoms with van der Waals surface area (Å²) in [6, 6.07) is 15.6. The van der Waals surface area contributed by atoms with E-state index in [2.05, 4.69) is 31.9 Å². The molecule has 0 saturated heterocycles. The lowest BCUT2D eigenvalue weighted by Crippen LogP contribution is -2.18. The monoisotopic (exact) mass is 613 g/mol. The summed E-state index contributed by atoms with van der Waals surface area (Å²) in [6.45, 7) is 1.89. The van der Waals surface area contributed by atoms with Crippen molar-refractivity contribution in [3.63, 3.8) is 0 Å². The van der Waals surface area contributed by atoms with Gasteiger partial charge in [0.05, 0.1) is 21.5 Å². The molecule has 2 amide bonds. The zero-order chi connectivity index (χ0) is 25.5. The molecular weight excluding hydrogens is 596 g/mol. The highest BCUT2D eigenvalue weighted by atomic mass is 79.9. The molecule has 2 atom stereocenters. The lowest BCUT2D eigenvalue weighted by atomic mass is 10.1. The SMILES string of the molecule is CNc1ccc(NC(=O)c2cc(NC(=O)C3C(c4ccc(Br)c(Cl)c4)C3(Cl)Cl)ccc2Cl)c(C)c1. The Morgan fingerprint density at radius 3 is 2.29 bits per heavy atom. The van der Waals surface area contributed by atoms with E-state index in [9.17, 15) is 9.59 Å².